The van der Waals surface area contributed by atoms with Crippen LogP contribution in [0.5, 0.6) is 0 Å². The normalized spacial score (nSPS) is 6.71. The van der Waals surface area contributed by atoms with Crippen molar-refractivity contribution >= 4 is 17.6 Å². The zero-order chi connectivity index (χ0) is 12.1. The van der Waals surface area contributed by atoms with E-state index in [-0.39, 0.29) is 17.6 Å². The lowest BCUT2D eigenvalue weighted by atomic mass is 10.6. The molecule has 0 spiro atoms. The minimum atomic E-state index is 0.00463. The molecule has 0 saturated carbocycles. The first kappa shape index (κ1) is 18.4. The molecule has 5 nitrogen and oxygen atoms in total. The Morgan fingerprint density at radius 2 is 0.786 bits per heavy atom. The van der Waals surface area contributed by atoms with E-state index in [0.29, 0.717) is 0 Å². The number of ketones is 1. The van der Waals surface area contributed by atoms with E-state index in [2.05, 4.69) is 10.6 Å². The molecule has 0 bridgehead atoms. The average molecular weight is 204 g/mol. The summed E-state index contributed by atoms with van der Waals surface area (Å²) in [4.78, 5) is 28.8. The van der Waals surface area contributed by atoms with Gasteiger partial charge in [0.05, 0.1) is 0 Å². The van der Waals surface area contributed by atoms with Crippen molar-refractivity contribution in [3.63, 3.8) is 0 Å². The molecule has 2 amide bonds. The zero-order valence-corrected chi connectivity index (χ0v) is 9.72. The number of amides is 2. The highest BCUT2D eigenvalue weighted by Crippen LogP contribution is 1.50. The fourth-order valence-electron chi connectivity index (χ4n) is 0. The Balaban J connectivity index is -0.000000131. The molecule has 0 saturated heterocycles. The van der Waals surface area contributed by atoms with Crippen LogP contribution in [0.2, 0.25) is 0 Å². The van der Waals surface area contributed by atoms with Gasteiger partial charge in [-0.1, -0.05) is 0 Å². The van der Waals surface area contributed by atoms with Crippen LogP contribution in [-0.4, -0.2) is 31.7 Å². The topological polar surface area (TPSA) is 75.3 Å². The van der Waals surface area contributed by atoms with Crippen molar-refractivity contribution < 1.29 is 14.4 Å². The summed E-state index contributed by atoms with van der Waals surface area (Å²) < 4.78 is 0. The number of carbonyl (C=O) groups excluding carboxylic acids is 3. The molecule has 0 aromatic carbocycles. The molecule has 14 heavy (non-hydrogen) atoms. The zero-order valence-electron chi connectivity index (χ0n) is 9.72. The van der Waals surface area contributed by atoms with Gasteiger partial charge >= 0.3 is 0 Å². The van der Waals surface area contributed by atoms with Crippen LogP contribution in [0.1, 0.15) is 27.7 Å². The van der Waals surface area contributed by atoms with E-state index in [0.717, 1.165) is 0 Å². The molecule has 0 aliphatic rings. The third kappa shape index (κ3) is 144. The molecular weight excluding hydrogens is 184 g/mol. The van der Waals surface area contributed by atoms with Crippen LogP contribution in [0, 0.1) is 0 Å². The SMILES string of the molecule is CC(C)=O.CNC(C)=O.CNC(C)=O. The van der Waals surface area contributed by atoms with Crippen molar-refractivity contribution in [2.45, 2.75) is 27.7 Å². The molecule has 0 aromatic rings. The van der Waals surface area contributed by atoms with Crippen LogP contribution in [0.25, 0.3) is 0 Å². The van der Waals surface area contributed by atoms with E-state index in [4.69, 9.17) is 0 Å². The van der Waals surface area contributed by atoms with Crippen LogP contribution in [0.15, 0.2) is 0 Å². The molecular formula is C9H20N2O3. The van der Waals surface area contributed by atoms with Gasteiger partial charge in [0.2, 0.25) is 11.8 Å². The monoisotopic (exact) mass is 204 g/mol. The van der Waals surface area contributed by atoms with Gasteiger partial charge in [0, 0.05) is 27.9 Å². The van der Waals surface area contributed by atoms with Crippen molar-refractivity contribution in [1.29, 1.82) is 0 Å². The van der Waals surface area contributed by atoms with Gasteiger partial charge in [0.15, 0.2) is 0 Å². The Morgan fingerprint density at radius 1 is 0.714 bits per heavy atom. The van der Waals surface area contributed by atoms with E-state index in [9.17, 15) is 14.4 Å². The molecule has 0 radical (unpaired) electrons. The number of nitrogens with one attached hydrogen (secondary N) is 2. The predicted octanol–water partition coefficient (Wildman–Crippen LogP) is 0.0999. The van der Waals surface area contributed by atoms with Gasteiger partial charge in [-0.15, -0.1) is 0 Å². The first-order valence-corrected chi connectivity index (χ1v) is 4.11. The van der Waals surface area contributed by atoms with Gasteiger partial charge in [-0.25, -0.2) is 0 Å². The highest BCUT2D eigenvalue weighted by atomic mass is 16.2. The number of hydrogen-bond acceptors (Lipinski definition) is 3. The summed E-state index contributed by atoms with van der Waals surface area (Å²) in [6.07, 6.45) is 0. The van der Waals surface area contributed by atoms with Crippen molar-refractivity contribution in [2.24, 2.45) is 0 Å². The van der Waals surface area contributed by atoms with Crippen LogP contribution in [0.4, 0.5) is 0 Å². The van der Waals surface area contributed by atoms with Gasteiger partial charge in [-0.05, 0) is 13.8 Å². The van der Waals surface area contributed by atoms with E-state index < -0.39 is 0 Å². The van der Waals surface area contributed by atoms with Gasteiger partial charge < -0.3 is 15.4 Å². The number of rotatable bonds is 0. The van der Waals surface area contributed by atoms with Gasteiger partial charge in [-0.3, -0.25) is 9.59 Å². The van der Waals surface area contributed by atoms with Gasteiger partial charge in [0.1, 0.15) is 5.78 Å². The fourth-order valence-corrected chi connectivity index (χ4v) is 0. The lowest BCUT2D eigenvalue weighted by Crippen LogP contribution is -2.11. The molecule has 0 atom stereocenters. The van der Waals surface area contributed by atoms with Gasteiger partial charge in [-0.2, -0.15) is 0 Å². The summed E-state index contributed by atoms with van der Waals surface area (Å²) in [5.41, 5.74) is 0. The Hall–Kier alpha value is -1.39. The second-order valence-corrected chi connectivity index (χ2v) is 2.52. The first-order chi connectivity index (χ1) is 6.27. The van der Waals surface area contributed by atoms with Crippen molar-refractivity contribution in [3.8, 4) is 0 Å². The summed E-state index contributed by atoms with van der Waals surface area (Å²) in [6.45, 7) is 6.00. The summed E-state index contributed by atoms with van der Waals surface area (Å²) in [7, 11) is 3.20. The Kier molecular flexibility index (Phi) is 18.6. The minimum absolute atomic E-state index is 0.00463. The standard InChI is InChI=1S/2C3H7NO.C3H6O/c2*1-3(5)4-2;1-3(2)4/h2*1-2H3,(H,4,5);1-2H3. The number of hydrogen-bond donors (Lipinski definition) is 2. The van der Waals surface area contributed by atoms with Crippen molar-refractivity contribution in [2.75, 3.05) is 14.1 Å². The highest BCUT2D eigenvalue weighted by molar-refractivity contribution is 5.72. The molecule has 0 rings (SSSR count). The molecule has 2 N–H and O–H groups in total. The molecule has 0 aliphatic heterocycles. The summed E-state index contributed by atoms with van der Waals surface area (Å²) in [5.74, 6) is 0.176. The fraction of sp³-hybridized carbons (Fsp3) is 0.667. The summed E-state index contributed by atoms with van der Waals surface area (Å²) >= 11 is 0. The van der Waals surface area contributed by atoms with Gasteiger partial charge in [0.25, 0.3) is 0 Å². The number of carbonyl (C=O) groups is 3. The van der Waals surface area contributed by atoms with E-state index in [1.807, 2.05) is 0 Å². The molecule has 84 valence electrons. The maximum Gasteiger partial charge on any atom is 0.216 e. The largest absolute Gasteiger partial charge is 0.359 e. The van der Waals surface area contributed by atoms with E-state index >= 15 is 0 Å². The summed E-state index contributed by atoms with van der Waals surface area (Å²) in [5, 5.41) is 4.78. The molecule has 0 unspecified atom stereocenters. The molecule has 0 heterocycles. The predicted molar refractivity (Wildman–Crippen MR) is 55.8 cm³/mol. The Bertz CT molecular complexity index is 161. The average Bonchev–Trinajstić information content (AvgIpc) is 2.04. The minimum Gasteiger partial charge on any atom is -0.359 e. The first-order valence-electron chi connectivity index (χ1n) is 4.11. The van der Waals surface area contributed by atoms with Crippen molar-refractivity contribution in [3.05, 3.63) is 0 Å². The lowest BCUT2D eigenvalue weighted by molar-refractivity contribution is -0.119. The second kappa shape index (κ2) is 14.2. The quantitative estimate of drug-likeness (QED) is 0.587. The Morgan fingerprint density at radius 3 is 0.786 bits per heavy atom. The van der Waals surface area contributed by atoms with Crippen molar-refractivity contribution in [1.82, 2.24) is 10.6 Å². The maximum absolute atomic E-state index is 9.70. The van der Waals surface area contributed by atoms with E-state index in [1.165, 1.54) is 27.7 Å². The molecule has 0 aromatic heterocycles. The van der Waals surface area contributed by atoms with Crippen LogP contribution in [0.3, 0.4) is 0 Å². The number of Topliss-reactive ketones (excluding diaryl/α,β-unsaturated/α-hetero) is 1. The molecule has 0 fully saturated rings. The second-order valence-electron chi connectivity index (χ2n) is 2.52. The molecule has 5 heteroatoms. The third-order valence-corrected chi connectivity index (χ3v) is 0.704. The van der Waals surface area contributed by atoms with Crippen LogP contribution < -0.4 is 10.6 Å². The van der Waals surface area contributed by atoms with Crippen LogP contribution >= 0.6 is 0 Å². The van der Waals surface area contributed by atoms with E-state index in [1.54, 1.807) is 14.1 Å². The Labute approximate surface area is 85.3 Å². The van der Waals surface area contributed by atoms with Crippen LogP contribution in [-0.2, 0) is 14.4 Å². The summed E-state index contributed by atoms with van der Waals surface area (Å²) in [6, 6.07) is 0. The smallest absolute Gasteiger partial charge is 0.216 e. The highest BCUT2D eigenvalue weighted by Gasteiger charge is 1.73. The maximum atomic E-state index is 9.70. The molecule has 0 aliphatic carbocycles. The lowest BCUT2D eigenvalue weighted by Gasteiger charge is -1.80. The third-order valence-electron chi connectivity index (χ3n) is 0.704.